The molecule has 0 unspecified atom stereocenters. The number of aromatic nitrogens is 6. The molecule has 2 aliphatic rings. The normalized spacial score (nSPS) is 16.9. The van der Waals surface area contributed by atoms with E-state index in [-0.39, 0.29) is 18.0 Å². The fraction of sp³-hybridized carbons (Fsp3) is 0.276. The molecule has 0 aliphatic carbocycles. The predicted octanol–water partition coefficient (Wildman–Crippen LogP) is 3.64. The smallest absolute Gasteiger partial charge is 0.319 e. The van der Waals surface area contributed by atoms with E-state index in [2.05, 4.69) is 31.2 Å². The number of amides is 1. The summed E-state index contributed by atoms with van der Waals surface area (Å²) in [4.78, 5) is 30.3. The Bertz CT molecular complexity index is 1730. The van der Waals surface area contributed by atoms with Crippen LogP contribution in [0.25, 0.3) is 21.8 Å². The Morgan fingerprint density at radius 1 is 1.12 bits per heavy atom. The van der Waals surface area contributed by atoms with Crippen LogP contribution < -0.4 is 14.4 Å². The maximum atomic E-state index is 12.2. The van der Waals surface area contributed by atoms with Gasteiger partial charge in [0.15, 0.2) is 5.75 Å². The van der Waals surface area contributed by atoms with Gasteiger partial charge >= 0.3 is 6.01 Å². The van der Waals surface area contributed by atoms with E-state index >= 15 is 0 Å². The number of nitrogens with zero attached hydrogens (tertiary/aromatic N) is 7. The zero-order valence-electron chi connectivity index (χ0n) is 22.1. The monoisotopic (exact) mass is 536 g/mol. The summed E-state index contributed by atoms with van der Waals surface area (Å²) in [7, 11) is 0. The molecule has 0 spiro atoms. The number of carbonyl (C=O) groups is 1. The fourth-order valence-corrected chi connectivity index (χ4v) is 5.49. The summed E-state index contributed by atoms with van der Waals surface area (Å²) in [6.07, 6.45) is 7.46. The molecule has 5 heterocycles. The molecule has 2 aromatic carbocycles. The second-order valence-electron chi connectivity index (χ2n) is 10.1. The van der Waals surface area contributed by atoms with Crippen molar-refractivity contribution in [2.45, 2.75) is 26.0 Å². The highest BCUT2D eigenvalue weighted by atomic mass is 16.5. The van der Waals surface area contributed by atoms with Crippen LogP contribution in [0, 0.1) is 6.92 Å². The summed E-state index contributed by atoms with van der Waals surface area (Å²) in [5.41, 5.74) is 2.54. The van der Waals surface area contributed by atoms with Crippen molar-refractivity contribution < 1.29 is 14.3 Å². The van der Waals surface area contributed by atoms with E-state index in [4.69, 9.17) is 19.4 Å². The van der Waals surface area contributed by atoms with E-state index in [1.165, 1.54) is 6.08 Å². The Hall–Kier alpha value is -4.93. The molecule has 1 N–H and O–H groups in total. The van der Waals surface area contributed by atoms with Gasteiger partial charge in [-0.05, 0) is 36.8 Å². The van der Waals surface area contributed by atoms with Crippen LogP contribution in [0.15, 0.2) is 61.6 Å². The predicted molar refractivity (Wildman–Crippen MR) is 150 cm³/mol. The molecule has 0 radical (unpaired) electrons. The van der Waals surface area contributed by atoms with Crippen molar-refractivity contribution in [1.82, 2.24) is 34.6 Å². The topological polar surface area (TPSA) is 114 Å². The Morgan fingerprint density at radius 3 is 2.83 bits per heavy atom. The van der Waals surface area contributed by atoms with Crippen molar-refractivity contribution in [3.63, 3.8) is 0 Å². The number of nitrogens with one attached hydrogen (secondary N) is 1. The number of aryl methyl sites for hydroxylation is 1. The molecule has 40 heavy (non-hydrogen) atoms. The number of para-hydroxylation sites is 1. The first kappa shape index (κ1) is 24.1. The molecule has 202 valence electrons. The van der Waals surface area contributed by atoms with Crippen LogP contribution in [0.5, 0.6) is 17.5 Å². The highest BCUT2D eigenvalue weighted by Crippen LogP contribution is 2.38. The quantitative estimate of drug-likeness (QED) is 0.327. The number of rotatable bonds is 6. The summed E-state index contributed by atoms with van der Waals surface area (Å²) in [5.74, 6) is 3.00. The maximum Gasteiger partial charge on any atom is 0.319 e. The van der Waals surface area contributed by atoms with Gasteiger partial charge in [0, 0.05) is 50.4 Å². The first-order chi connectivity index (χ1) is 19.6. The number of piperazine rings is 1. The number of ether oxygens (including phenoxy) is 2. The maximum absolute atomic E-state index is 12.2. The molecule has 1 saturated heterocycles. The number of carbonyl (C=O) groups excluding carboxylic acids is 1. The van der Waals surface area contributed by atoms with Gasteiger partial charge in [-0.3, -0.25) is 9.89 Å². The van der Waals surface area contributed by atoms with Gasteiger partial charge in [0.1, 0.15) is 29.0 Å². The summed E-state index contributed by atoms with van der Waals surface area (Å²) in [6, 6.07) is 10.1. The molecular weight excluding hydrogens is 508 g/mol. The van der Waals surface area contributed by atoms with Gasteiger partial charge in [-0.2, -0.15) is 15.1 Å². The SMILES string of the molecule is C=CC(=O)N1CCN(c2nc(O[C@H]3Cc4nccn4C3)nc3c(Oc4c(C)ccc5[nH]ncc45)cccc23)CC1. The minimum Gasteiger partial charge on any atom is -0.458 e. The zero-order chi connectivity index (χ0) is 27.2. The lowest BCUT2D eigenvalue weighted by Gasteiger charge is -2.35. The molecule has 1 fully saturated rings. The van der Waals surface area contributed by atoms with E-state index < -0.39 is 0 Å². The Kier molecular flexibility index (Phi) is 5.84. The lowest BCUT2D eigenvalue weighted by atomic mass is 10.1. The van der Waals surface area contributed by atoms with E-state index in [1.807, 2.05) is 43.5 Å². The van der Waals surface area contributed by atoms with Gasteiger partial charge in [-0.1, -0.05) is 18.7 Å². The summed E-state index contributed by atoms with van der Waals surface area (Å²) >= 11 is 0. The van der Waals surface area contributed by atoms with E-state index in [9.17, 15) is 4.79 Å². The Balaban J connectivity index is 1.28. The third-order valence-corrected chi connectivity index (χ3v) is 7.58. The van der Waals surface area contributed by atoms with Crippen LogP contribution in [0.4, 0.5) is 5.82 Å². The molecule has 7 rings (SSSR count). The summed E-state index contributed by atoms with van der Waals surface area (Å²) < 4.78 is 15.0. The molecule has 1 atom stereocenters. The second-order valence-corrected chi connectivity index (χ2v) is 10.1. The molecule has 0 saturated carbocycles. The Labute approximate surface area is 230 Å². The molecule has 0 bridgehead atoms. The third-order valence-electron chi connectivity index (χ3n) is 7.58. The first-order valence-electron chi connectivity index (χ1n) is 13.3. The molecule has 1 amide bonds. The molecular formula is C29H28N8O3. The van der Waals surface area contributed by atoms with Crippen LogP contribution in [-0.4, -0.2) is 72.8 Å². The molecule has 3 aromatic heterocycles. The minimum atomic E-state index is -0.119. The van der Waals surface area contributed by atoms with Crippen molar-refractivity contribution in [2.75, 3.05) is 31.1 Å². The number of hydrogen-bond donors (Lipinski definition) is 1. The standard InChI is InChI=1S/C29H28N8O3/c1-3-25(38)35-11-13-36(14-12-35)28-20-5-4-6-23(40-27-18(2)7-8-22-21(27)16-31-34-22)26(20)32-29(33-28)39-19-15-24-30-9-10-37(24)17-19/h3-10,16,19H,1,11-15,17H2,2H3,(H,31,34)/t19-/m0/s1. The van der Waals surface area contributed by atoms with Gasteiger partial charge in [0.05, 0.1) is 23.6 Å². The number of imidazole rings is 1. The number of H-pyrrole nitrogens is 1. The Morgan fingerprint density at radius 2 is 2.00 bits per heavy atom. The third kappa shape index (κ3) is 4.19. The first-order valence-corrected chi connectivity index (χ1v) is 13.3. The van der Waals surface area contributed by atoms with Crippen molar-refractivity contribution in [2.24, 2.45) is 0 Å². The van der Waals surface area contributed by atoms with Gasteiger partial charge < -0.3 is 23.8 Å². The fourth-order valence-electron chi connectivity index (χ4n) is 5.49. The molecule has 11 nitrogen and oxygen atoms in total. The molecule has 2 aliphatic heterocycles. The highest BCUT2D eigenvalue weighted by Gasteiger charge is 2.27. The van der Waals surface area contributed by atoms with Crippen molar-refractivity contribution in [1.29, 1.82) is 0 Å². The summed E-state index contributed by atoms with van der Waals surface area (Å²) in [5, 5.41) is 8.95. The molecule has 5 aromatic rings. The zero-order valence-corrected chi connectivity index (χ0v) is 22.1. The van der Waals surface area contributed by atoms with Crippen LogP contribution in [-0.2, 0) is 17.8 Å². The summed E-state index contributed by atoms with van der Waals surface area (Å²) in [6.45, 7) is 8.73. The van der Waals surface area contributed by atoms with Crippen molar-refractivity contribution >= 4 is 33.5 Å². The highest BCUT2D eigenvalue weighted by molar-refractivity contribution is 5.95. The number of fused-ring (bicyclic) bond motifs is 3. The number of anilines is 1. The van der Waals surface area contributed by atoms with Crippen LogP contribution in [0.3, 0.4) is 0 Å². The van der Waals surface area contributed by atoms with Crippen LogP contribution in [0.1, 0.15) is 11.4 Å². The van der Waals surface area contributed by atoms with Crippen molar-refractivity contribution in [3.8, 4) is 17.5 Å². The average molecular weight is 537 g/mol. The van der Waals surface area contributed by atoms with Crippen LogP contribution >= 0.6 is 0 Å². The number of benzene rings is 2. The van der Waals surface area contributed by atoms with Gasteiger partial charge in [-0.25, -0.2) is 4.98 Å². The van der Waals surface area contributed by atoms with Gasteiger partial charge in [0.25, 0.3) is 0 Å². The van der Waals surface area contributed by atoms with Gasteiger partial charge in [-0.15, -0.1) is 0 Å². The second kappa shape index (κ2) is 9.67. The minimum absolute atomic E-state index is 0.0607. The van der Waals surface area contributed by atoms with E-state index in [0.29, 0.717) is 50.4 Å². The average Bonchev–Trinajstić information content (AvgIpc) is 3.71. The van der Waals surface area contributed by atoms with Crippen LogP contribution in [0.2, 0.25) is 0 Å². The number of aromatic amines is 1. The van der Waals surface area contributed by atoms with Crippen molar-refractivity contribution in [3.05, 3.63) is 73.0 Å². The number of hydrogen-bond acceptors (Lipinski definition) is 8. The largest absolute Gasteiger partial charge is 0.458 e. The lowest BCUT2D eigenvalue weighted by molar-refractivity contribution is -0.126. The lowest BCUT2D eigenvalue weighted by Crippen LogP contribution is -2.48. The van der Waals surface area contributed by atoms with Gasteiger partial charge in [0.2, 0.25) is 5.91 Å². The van der Waals surface area contributed by atoms with E-state index in [0.717, 1.165) is 39.2 Å². The van der Waals surface area contributed by atoms with E-state index in [1.54, 1.807) is 17.3 Å². The molecule has 11 heteroatoms.